The Balaban J connectivity index is 2.76. The summed E-state index contributed by atoms with van der Waals surface area (Å²) in [6, 6.07) is 0. The molecule has 2 N–H and O–H groups in total. The van der Waals surface area contributed by atoms with Crippen molar-refractivity contribution in [3.05, 3.63) is 5.82 Å². The Morgan fingerprint density at radius 3 is 2.36 bits per heavy atom. The van der Waals surface area contributed by atoms with Gasteiger partial charge >= 0.3 is 0 Å². The molecule has 0 spiro atoms. The van der Waals surface area contributed by atoms with Crippen LogP contribution < -0.4 is 5.73 Å². The number of nitrogens with zero attached hydrogens (tertiary/aromatic N) is 2. The van der Waals surface area contributed by atoms with Crippen LogP contribution in [0, 0.1) is 5.92 Å². The van der Waals surface area contributed by atoms with Gasteiger partial charge < -0.3 is 5.73 Å². The van der Waals surface area contributed by atoms with Crippen molar-refractivity contribution in [3.63, 3.8) is 0 Å². The average Bonchev–Trinajstić information content (AvgIpc) is 2.34. The van der Waals surface area contributed by atoms with Crippen molar-refractivity contribution >= 4 is 16.7 Å². The van der Waals surface area contributed by atoms with Crippen molar-refractivity contribution in [2.75, 3.05) is 5.73 Å². The molecule has 0 aliphatic rings. The fourth-order valence-electron chi connectivity index (χ4n) is 0.730. The van der Waals surface area contributed by atoms with Gasteiger partial charge in [-0.1, -0.05) is 20.8 Å². The average molecular weight is 171 g/mol. The zero-order valence-corrected chi connectivity index (χ0v) is 7.85. The topological polar surface area (TPSA) is 51.8 Å². The van der Waals surface area contributed by atoms with Gasteiger partial charge in [-0.05, 0) is 5.92 Å². The van der Waals surface area contributed by atoms with E-state index in [1.165, 1.54) is 11.5 Å². The molecule has 11 heavy (non-hydrogen) atoms. The predicted octanol–water partition coefficient (Wildman–Crippen LogP) is 1.88. The number of anilines is 1. The van der Waals surface area contributed by atoms with E-state index in [1.807, 2.05) is 0 Å². The standard InChI is InChI=1S/C7H13N3S/c1-4(2)5(3)6-9-7(8)11-10-6/h4-5H,1-3H3,(H2,8,9,10). The van der Waals surface area contributed by atoms with Gasteiger partial charge in [-0.25, -0.2) is 4.98 Å². The SMILES string of the molecule is CC(C)C(C)c1nsc(N)n1. The minimum absolute atomic E-state index is 0.406. The monoisotopic (exact) mass is 171 g/mol. The Labute approximate surface area is 70.8 Å². The second-order valence-corrected chi connectivity index (χ2v) is 3.81. The lowest BCUT2D eigenvalue weighted by molar-refractivity contribution is 0.516. The highest BCUT2D eigenvalue weighted by atomic mass is 32.1. The van der Waals surface area contributed by atoms with Crippen LogP contribution in [-0.2, 0) is 0 Å². The van der Waals surface area contributed by atoms with E-state index in [-0.39, 0.29) is 0 Å². The van der Waals surface area contributed by atoms with Crippen LogP contribution in [0.5, 0.6) is 0 Å². The van der Waals surface area contributed by atoms with Gasteiger partial charge in [0.2, 0.25) is 0 Å². The maximum absolute atomic E-state index is 5.46. The van der Waals surface area contributed by atoms with Crippen LogP contribution in [0.15, 0.2) is 0 Å². The molecule has 4 heteroatoms. The molecule has 1 rings (SSSR count). The first kappa shape index (κ1) is 8.46. The molecule has 1 aromatic heterocycles. The first-order chi connectivity index (χ1) is 5.11. The molecule has 1 heterocycles. The van der Waals surface area contributed by atoms with Crippen molar-refractivity contribution in [2.45, 2.75) is 26.7 Å². The third-order valence-electron chi connectivity index (χ3n) is 1.86. The lowest BCUT2D eigenvalue weighted by Gasteiger charge is -2.09. The first-order valence-electron chi connectivity index (χ1n) is 3.70. The highest BCUT2D eigenvalue weighted by molar-refractivity contribution is 7.09. The second kappa shape index (κ2) is 3.17. The van der Waals surface area contributed by atoms with Gasteiger partial charge in [0.1, 0.15) is 5.82 Å². The number of hydrogen-bond donors (Lipinski definition) is 1. The maximum atomic E-state index is 5.46. The summed E-state index contributed by atoms with van der Waals surface area (Å²) in [5.74, 6) is 1.86. The molecule has 1 aromatic rings. The Hall–Kier alpha value is -0.640. The van der Waals surface area contributed by atoms with Crippen LogP contribution in [0.4, 0.5) is 5.13 Å². The number of nitrogen functional groups attached to an aromatic ring is 1. The molecular weight excluding hydrogens is 158 g/mol. The summed E-state index contributed by atoms with van der Waals surface area (Å²) >= 11 is 1.27. The molecule has 62 valence electrons. The van der Waals surface area contributed by atoms with Crippen molar-refractivity contribution in [1.82, 2.24) is 9.36 Å². The summed E-state index contributed by atoms with van der Waals surface area (Å²) in [6.45, 7) is 6.43. The molecule has 0 saturated heterocycles. The number of nitrogens with two attached hydrogens (primary N) is 1. The van der Waals surface area contributed by atoms with Gasteiger partial charge in [0, 0.05) is 17.5 Å². The quantitative estimate of drug-likeness (QED) is 0.739. The van der Waals surface area contributed by atoms with E-state index in [4.69, 9.17) is 5.73 Å². The van der Waals surface area contributed by atoms with Crippen LogP contribution in [0.3, 0.4) is 0 Å². The zero-order valence-electron chi connectivity index (χ0n) is 7.03. The first-order valence-corrected chi connectivity index (χ1v) is 4.47. The zero-order chi connectivity index (χ0) is 8.43. The molecule has 0 fully saturated rings. The van der Waals surface area contributed by atoms with Crippen molar-refractivity contribution < 1.29 is 0 Å². The van der Waals surface area contributed by atoms with Gasteiger partial charge in [-0.3, -0.25) is 0 Å². The van der Waals surface area contributed by atoms with Crippen LogP contribution in [0.1, 0.15) is 32.5 Å². The molecule has 0 aromatic carbocycles. The summed E-state index contributed by atoms with van der Waals surface area (Å²) in [4.78, 5) is 4.12. The number of hydrogen-bond acceptors (Lipinski definition) is 4. The van der Waals surface area contributed by atoms with Gasteiger partial charge in [0.15, 0.2) is 5.13 Å². The van der Waals surface area contributed by atoms with Crippen LogP contribution in [0.2, 0.25) is 0 Å². The fourth-order valence-corrected chi connectivity index (χ4v) is 1.26. The van der Waals surface area contributed by atoms with Crippen LogP contribution in [-0.4, -0.2) is 9.36 Å². The Morgan fingerprint density at radius 1 is 1.36 bits per heavy atom. The lowest BCUT2D eigenvalue weighted by atomic mass is 9.98. The summed E-state index contributed by atoms with van der Waals surface area (Å²) in [6.07, 6.45) is 0. The molecule has 1 unspecified atom stereocenters. The van der Waals surface area contributed by atoms with E-state index in [9.17, 15) is 0 Å². The van der Waals surface area contributed by atoms with Crippen LogP contribution in [0.25, 0.3) is 0 Å². The van der Waals surface area contributed by atoms with Gasteiger partial charge in [-0.2, -0.15) is 4.37 Å². The van der Waals surface area contributed by atoms with Crippen LogP contribution >= 0.6 is 11.5 Å². The van der Waals surface area contributed by atoms with E-state index in [1.54, 1.807) is 0 Å². The molecule has 0 aliphatic carbocycles. The minimum Gasteiger partial charge on any atom is -0.374 e. The normalized spacial score (nSPS) is 13.8. The summed E-state index contributed by atoms with van der Waals surface area (Å²) in [5, 5.41) is 0.563. The molecule has 1 atom stereocenters. The molecule has 0 aliphatic heterocycles. The predicted molar refractivity (Wildman–Crippen MR) is 47.6 cm³/mol. The van der Waals surface area contributed by atoms with Crippen molar-refractivity contribution in [1.29, 1.82) is 0 Å². The smallest absolute Gasteiger partial charge is 0.199 e. The minimum atomic E-state index is 0.406. The fraction of sp³-hybridized carbons (Fsp3) is 0.714. The van der Waals surface area contributed by atoms with Crippen molar-refractivity contribution in [2.24, 2.45) is 5.92 Å². The molecular formula is C7H13N3S. The van der Waals surface area contributed by atoms with E-state index >= 15 is 0 Å². The molecule has 0 saturated carbocycles. The van der Waals surface area contributed by atoms with Gasteiger partial charge in [0.05, 0.1) is 0 Å². The van der Waals surface area contributed by atoms with Gasteiger partial charge in [0.25, 0.3) is 0 Å². The number of rotatable bonds is 2. The largest absolute Gasteiger partial charge is 0.374 e. The highest BCUT2D eigenvalue weighted by Crippen LogP contribution is 2.22. The van der Waals surface area contributed by atoms with E-state index in [0.717, 1.165) is 5.82 Å². The lowest BCUT2D eigenvalue weighted by Crippen LogP contribution is -2.03. The maximum Gasteiger partial charge on any atom is 0.199 e. The molecule has 0 radical (unpaired) electrons. The van der Waals surface area contributed by atoms with E-state index < -0.39 is 0 Å². The van der Waals surface area contributed by atoms with E-state index in [0.29, 0.717) is 17.0 Å². The Kier molecular flexibility index (Phi) is 2.44. The highest BCUT2D eigenvalue weighted by Gasteiger charge is 2.14. The number of aromatic nitrogens is 2. The summed E-state index contributed by atoms with van der Waals surface area (Å²) < 4.78 is 4.14. The molecule has 0 bridgehead atoms. The molecule has 3 nitrogen and oxygen atoms in total. The second-order valence-electron chi connectivity index (χ2n) is 3.02. The third kappa shape index (κ3) is 1.89. The Bertz CT molecular complexity index is 231. The van der Waals surface area contributed by atoms with E-state index in [2.05, 4.69) is 30.1 Å². The molecule has 0 amide bonds. The third-order valence-corrected chi connectivity index (χ3v) is 2.42. The Morgan fingerprint density at radius 2 is 2.00 bits per heavy atom. The summed E-state index contributed by atoms with van der Waals surface area (Å²) in [5.41, 5.74) is 5.46. The van der Waals surface area contributed by atoms with Crippen molar-refractivity contribution in [3.8, 4) is 0 Å². The summed E-state index contributed by atoms with van der Waals surface area (Å²) in [7, 11) is 0. The van der Waals surface area contributed by atoms with Gasteiger partial charge in [-0.15, -0.1) is 0 Å².